The van der Waals surface area contributed by atoms with Gasteiger partial charge in [0.15, 0.2) is 9.04 Å². The third-order valence-electron chi connectivity index (χ3n) is 6.98. The molecule has 67 heavy (non-hydrogen) atoms. The summed E-state index contributed by atoms with van der Waals surface area (Å²) in [5, 5.41) is 0. The van der Waals surface area contributed by atoms with Crippen LogP contribution in [0.3, 0.4) is 0 Å². The first-order valence-electron chi connectivity index (χ1n) is 16.3. The molecule has 0 aromatic heterocycles. The van der Waals surface area contributed by atoms with Gasteiger partial charge in [0.1, 0.15) is 0 Å². The first-order chi connectivity index (χ1) is 30.4. The zero-order valence-corrected chi connectivity index (χ0v) is 65.1. The standard InChI is InChI=1S/C4H14O31Si32/c1-37(2)35-67(3,4)66(34)65(33)64(32)63(31)62(30)61(29)60(28)59(27)58(26)57(25)56(24)55(23)54(22)53(21)52(20)51(19)50(18)49(17)48(16)47(15)46(14)45(13)44(12)43(11)42(10)41(9)40(8)39(7)38(6)36-5/h36-37H,1-4H3. The van der Waals surface area contributed by atoms with E-state index in [0.717, 1.165) is 0 Å². The summed E-state index contributed by atoms with van der Waals surface area (Å²) >= 11 is 0. The molecule has 0 aliphatic rings. The molecule has 0 N–H and O–H groups in total. The maximum absolute atomic E-state index is 12.8. The number of hydrogen-bond acceptors (Lipinski definition) is 31. The lowest BCUT2D eigenvalue weighted by molar-refractivity contribution is 0.531. The topological polar surface area (TPSA) is 521 Å². The third kappa shape index (κ3) is 17.8. The van der Waals surface area contributed by atoms with Gasteiger partial charge in [-0.25, -0.2) is 0 Å². The molecule has 31 nitrogen and oxygen atoms in total. The molecule has 0 atom stereocenters. The maximum Gasteiger partial charge on any atom is 0.381 e. The van der Waals surface area contributed by atoms with E-state index in [1.54, 1.807) is 13.1 Å². The van der Waals surface area contributed by atoms with Crippen LogP contribution in [0.15, 0.2) is 0 Å². The van der Waals surface area contributed by atoms with E-state index in [-0.39, 0.29) is 0 Å². The smallest absolute Gasteiger partial charge is 0.381 e. The van der Waals surface area contributed by atoms with Gasteiger partial charge in [0.05, 0.1) is 0 Å². The van der Waals surface area contributed by atoms with E-state index in [9.17, 15) is 134 Å². The molecule has 0 aromatic rings. The molecule has 0 aliphatic carbocycles. The number of hydrogen-bond donors (Lipinski definition) is 0. The van der Waals surface area contributed by atoms with E-state index in [4.69, 9.17) is 4.12 Å². The first-order valence-corrected chi connectivity index (χ1v) is 94.1. The van der Waals surface area contributed by atoms with Gasteiger partial charge in [-0.3, -0.25) is 0 Å². The lowest BCUT2D eigenvalue weighted by atomic mass is 11.9. The second-order valence-corrected chi connectivity index (χ2v) is 165. The van der Waals surface area contributed by atoms with E-state index in [2.05, 4.69) is 0 Å². The lowest BCUT2D eigenvalue weighted by Crippen LogP contribution is -2.58. The largest absolute Gasteiger partial charge is 0.456 e. The van der Waals surface area contributed by atoms with E-state index in [1.807, 2.05) is 0 Å². The summed E-state index contributed by atoms with van der Waals surface area (Å²) in [4.78, 5) is 0. The Labute approximate surface area is 409 Å². The Morgan fingerprint density at radius 2 is 0.403 bits per heavy atom. The third-order valence-corrected chi connectivity index (χ3v) is 249. The van der Waals surface area contributed by atoms with Crippen LogP contribution in [0.25, 0.3) is 0 Å². The van der Waals surface area contributed by atoms with Gasteiger partial charge < -0.3 is 138 Å². The minimum absolute atomic E-state index is 1.36. The minimum atomic E-state index is -4.70. The molecule has 0 rings (SSSR count). The Kier molecular flexibility index (Phi) is 30.1. The Morgan fingerprint density at radius 3 is 0.537 bits per heavy atom. The Balaban J connectivity index is 5.92. The van der Waals surface area contributed by atoms with Crippen LogP contribution in [0.2, 0.25) is 26.2 Å². The fourth-order valence-electron chi connectivity index (χ4n) is 3.76. The van der Waals surface area contributed by atoms with Crippen molar-refractivity contribution in [3.8, 4) is 0 Å². The van der Waals surface area contributed by atoms with Crippen molar-refractivity contribution < 1.29 is 138 Å². The van der Waals surface area contributed by atoms with Crippen LogP contribution < -0.4 is 0 Å². The molecule has 63 heteroatoms. The molecule has 0 spiro atoms. The molecule has 0 radical (unpaired) electrons. The van der Waals surface area contributed by atoms with Crippen LogP contribution in [0, 0.1) is 0 Å². The second-order valence-electron chi connectivity index (χ2n) is 12.4. The predicted molar refractivity (Wildman–Crippen MR) is 232 cm³/mol. The monoisotopic (exact) mass is 1450 g/mol. The SMILES string of the molecule is C[SiH](C)O[Si](C)(C)[Si](=O)[Si](=O)[Si](=O)[Si](=O)[Si](=O)[Si](=O)[Si](=O)[Si](=O)[Si](=O)[Si](=O)[Si](=O)[Si](=O)[Si](=O)[Si](=O)[Si](=O)[Si](=O)[Si](=O)[Si](=O)[Si](=O)[Si](=O)[Si](=O)[Si](=O)[Si](=O)[Si](=O)[Si](=O)[Si](=O)[Si](=O)[Si](=O)[Si](=O)[SiH]=O. The van der Waals surface area contributed by atoms with Crippen LogP contribution in [0.4, 0.5) is 0 Å². The predicted octanol–water partition coefficient (Wildman–Crippen LogP) is -14.0. The summed E-state index contributed by atoms with van der Waals surface area (Å²) < 4.78 is 380. The van der Waals surface area contributed by atoms with Crippen molar-refractivity contribution in [1.29, 1.82) is 0 Å². The van der Waals surface area contributed by atoms with Gasteiger partial charge in [0.25, 0.3) is 0 Å². The molecular formula is C4H14O31Si32. The van der Waals surface area contributed by atoms with Crippen molar-refractivity contribution in [2.75, 3.05) is 0 Å². The van der Waals surface area contributed by atoms with Crippen molar-refractivity contribution in [3.63, 3.8) is 0 Å². The molecule has 0 saturated heterocycles. The van der Waals surface area contributed by atoms with Crippen molar-refractivity contribution in [1.82, 2.24) is 0 Å². The van der Waals surface area contributed by atoms with Gasteiger partial charge >= 0.3 is 233 Å². The summed E-state index contributed by atoms with van der Waals surface area (Å²) in [5.74, 6) is 0. The zero-order chi connectivity index (χ0) is 53.2. The molecule has 0 saturated carbocycles. The van der Waals surface area contributed by atoms with Gasteiger partial charge in [0, 0.05) is 0 Å². The van der Waals surface area contributed by atoms with Gasteiger partial charge in [-0.15, -0.1) is 0 Å². The Morgan fingerprint density at radius 1 is 0.269 bits per heavy atom. The summed E-state index contributed by atoms with van der Waals surface area (Å²) in [6.07, 6.45) is 0. The maximum atomic E-state index is 12.8. The Hall–Kier alpha value is 0.900. The van der Waals surface area contributed by atoms with E-state index in [0.29, 0.717) is 0 Å². The molecule has 0 fully saturated rings. The molecule has 0 aliphatic heterocycles. The summed E-state index contributed by atoms with van der Waals surface area (Å²) in [6, 6.07) is 0. The van der Waals surface area contributed by atoms with Crippen LogP contribution >= 0.6 is 0 Å². The summed E-state index contributed by atoms with van der Waals surface area (Å²) in [6.45, 7) is 6.04. The highest BCUT2D eigenvalue weighted by Crippen LogP contribution is 2.07. The van der Waals surface area contributed by atoms with Gasteiger partial charge in [-0.1, -0.05) is 0 Å². The van der Waals surface area contributed by atoms with Crippen LogP contribution in [0.5, 0.6) is 0 Å². The van der Waals surface area contributed by atoms with Crippen molar-refractivity contribution >= 4 is 250 Å². The highest BCUT2D eigenvalue weighted by molar-refractivity contribution is 7.85. The molecule has 0 heterocycles. The quantitative estimate of drug-likeness (QED) is 0.0564. The summed E-state index contributed by atoms with van der Waals surface area (Å²) in [7, 11) is -135. The highest BCUT2D eigenvalue weighted by atomic mass is 30.1. The average Bonchev–Trinajstić information content (AvgIpc) is 3.30. The molecule has 0 aromatic carbocycles. The van der Waals surface area contributed by atoms with Crippen LogP contribution in [0.1, 0.15) is 0 Å². The second kappa shape index (κ2) is 29.7. The number of rotatable bonds is 32. The molecule has 0 amide bonds. The highest BCUT2D eigenvalue weighted by Gasteiger charge is 2.58. The fourth-order valence-corrected chi connectivity index (χ4v) is 362. The molecule has 0 bridgehead atoms. The van der Waals surface area contributed by atoms with E-state index >= 15 is 0 Å². The average molecular weight is 1460 g/mol. The Bertz CT molecular complexity index is 2780. The van der Waals surface area contributed by atoms with E-state index in [1.165, 1.54) is 13.1 Å². The molecule has 0 unspecified atom stereocenters. The van der Waals surface area contributed by atoms with Crippen molar-refractivity contribution in [3.05, 3.63) is 0 Å². The van der Waals surface area contributed by atoms with Gasteiger partial charge in [0.2, 0.25) is 7.83 Å². The van der Waals surface area contributed by atoms with Gasteiger partial charge in [-0.2, -0.15) is 0 Å². The van der Waals surface area contributed by atoms with Crippen molar-refractivity contribution in [2.45, 2.75) is 26.2 Å². The summed E-state index contributed by atoms with van der Waals surface area (Å²) in [5.41, 5.74) is 0. The minimum Gasteiger partial charge on any atom is -0.456 e. The first kappa shape index (κ1) is 67.9. The van der Waals surface area contributed by atoms with Gasteiger partial charge in [-0.05, 0) is 26.2 Å². The van der Waals surface area contributed by atoms with Crippen molar-refractivity contribution in [2.24, 2.45) is 0 Å². The molecular weight excluding hydrogens is 1440 g/mol. The molecule has 344 valence electrons. The van der Waals surface area contributed by atoms with E-state index < -0.39 is 250 Å². The normalized spacial score (nSPS) is 10.3. The van der Waals surface area contributed by atoms with Crippen LogP contribution in [-0.4, -0.2) is 250 Å². The zero-order valence-electron chi connectivity index (χ0n) is 32.8. The lowest BCUT2D eigenvalue weighted by Gasteiger charge is -2.21. The van der Waals surface area contributed by atoms with Crippen LogP contribution in [-0.2, 0) is 138 Å². The fraction of sp³-hybridized carbons (Fsp3) is 1.00.